The maximum absolute atomic E-state index is 11.1. The van der Waals surface area contributed by atoms with Crippen molar-refractivity contribution in [3.8, 4) is 0 Å². The van der Waals surface area contributed by atoms with E-state index in [0.29, 0.717) is 6.61 Å². The Balaban J connectivity index is 1.59. The van der Waals surface area contributed by atoms with Gasteiger partial charge in [0.1, 0.15) is 0 Å². The van der Waals surface area contributed by atoms with E-state index in [0.717, 1.165) is 25.6 Å². The summed E-state index contributed by atoms with van der Waals surface area (Å²) in [6, 6.07) is 0. The standard InChI is InChI=1S/C14H24N2O2/c1-2-18-14(17)4-3-7-15-8-10-16(11-9-15)12-13-5-6-13/h3-4,13H,2,5-12H2,1H3/b4-3+. The van der Waals surface area contributed by atoms with E-state index < -0.39 is 0 Å². The van der Waals surface area contributed by atoms with Gasteiger partial charge in [0.25, 0.3) is 0 Å². The number of carbonyl (C=O) groups excluding carboxylic acids is 1. The van der Waals surface area contributed by atoms with E-state index in [9.17, 15) is 4.79 Å². The summed E-state index contributed by atoms with van der Waals surface area (Å²) in [5, 5.41) is 0. The zero-order valence-electron chi connectivity index (χ0n) is 11.3. The average Bonchev–Trinajstić information content (AvgIpc) is 3.16. The van der Waals surface area contributed by atoms with Crippen LogP contribution in [0.2, 0.25) is 0 Å². The van der Waals surface area contributed by atoms with E-state index >= 15 is 0 Å². The Morgan fingerprint density at radius 1 is 1.22 bits per heavy atom. The number of piperazine rings is 1. The zero-order valence-corrected chi connectivity index (χ0v) is 11.3. The fraction of sp³-hybridized carbons (Fsp3) is 0.786. The summed E-state index contributed by atoms with van der Waals surface area (Å²) < 4.78 is 4.85. The lowest BCUT2D eigenvalue weighted by Crippen LogP contribution is -2.46. The molecule has 0 bridgehead atoms. The molecule has 102 valence electrons. The Morgan fingerprint density at radius 2 is 1.89 bits per heavy atom. The van der Waals surface area contributed by atoms with Crippen molar-refractivity contribution in [2.24, 2.45) is 5.92 Å². The topological polar surface area (TPSA) is 32.8 Å². The summed E-state index contributed by atoms with van der Waals surface area (Å²) in [4.78, 5) is 16.1. The lowest BCUT2D eigenvalue weighted by molar-refractivity contribution is -0.137. The Kier molecular flexibility index (Phi) is 5.20. The molecule has 0 atom stereocenters. The summed E-state index contributed by atoms with van der Waals surface area (Å²) in [6.45, 7) is 8.99. The number of carbonyl (C=O) groups is 1. The van der Waals surface area contributed by atoms with Crippen molar-refractivity contribution in [2.75, 3.05) is 45.9 Å². The van der Waals surface area contributed by atoms with Crippen LogP contribution in [-0.4, -0.2) is 61.6 Å². The molecule has 0 radical (unpaired) electrons. The van der Waals surface area contributed by atoms with Crippen LogP contribution in [0, 0.1) is 5.92 Å². The molecule has 1 aliphatic carbocycles. The minimum absolute atomic E-state index is 0.232. The summed E-state index contributed by atoms with van der Waals surface area (Å²) >= 11 is 0. The molecule has 1 saturated carbocycles. The van der Waals surface area contributed by atoms with E-state index in [-0.39, 0.29) is 5.97 Å². The van der Waals surface area contributed by atoms with Crippen LogP contribution in [0.3, 0.4) is 0 Å². The highest BCUT2D eigenvalue weighted by molar-refractivity contribution is 5.81. The Bertz CT molecular complexity index is 292. The lowest BCUT2D eigenvalue weighted by atomic mass is 10.2. The molecule has 2 fully saturated rings. The van der Waals surface area contributed by atoms with E-state index in [1.807, 2.05) is 13.0 Å². The van der Waals surface area contributed by atoms with Crippen LogP contribution in [0.4, 0.5) is 0 Å². The number of ether oxygens (including phenoxy) is 1. The second-order valence-electron chi connectivity index (χ2n) is 5.20. The number of rotatable bonds is 6. The van der Waals surface area contributed by atoms with Crippen molar-refractivity contribution < 1.29 is 9.53 Å². The highest BCUT2D eigenvalue weighted by Gasteiger charge is 2.25. The van der Waals surface area contributed by atoms with E-state index in [1.165, 1.54) is 32.5 Å². The number of esters is 1. The fourth-order valence-electron chi connectivity index (χ4n) is 2.31. The molecule has 2 aliphatic rings. The lowest BCUT2D eigenvalue weighted by Gasteiger charge is -2.34. The predicted molar refractivity (Wildman–Crippen MR) is 71.4 cm³/mol. The summed E-state index contributed by atoms with van der Waals surface area (Å²) in [5.41, 5.74) is 0. The second-order valence-corrected chi connectivity index (χ2v) is 5.20. The van der Waals surface area contributed by atoms with E-state index in [2.05, 4.69) is 9.80 Å². The van der Waals surface area contributed by atoms with Crippen LogP contribution in [0.1, 0.15) is 19.8 Å². The van der Waals surface area contributed by atoms with Crippen molar-refractivity contribution >= 4 is 5.97 Å². The SMILES string of the molecule is CCOC(=O)/C=C/CN1CCN(CC2CC2)CC1. The molecule has 0 N–H and O–H groups in total. The van der Waals surface area contributed by atoms with E-state index in [1.54, 1.807) is 6.08 Å². The molecule has 4 heteroatoms. The monoisotopic (exact) mass is 252 g/mol. The Morgan fingerprint density at radius 3 is 2.50 bits per heavy atom. The Labute approximate surface area is 110 Å². The summed E-state index contributed by atoms with van der Waals surface area (Å²) in [5.74, 6) is 0.755. The van der Waals surface area contributed by atoms with Gasteiger partial charge in [-0.15, -0.1) is 0 Å². The highest BCUT2D eigenvalue weighted by atomic mass is 16.5. The minimum Gasteiger partial charge on any atom is -0.463 e. The molecule has 18 heavy (non-hydrogen) atoms. The molecule has 0 aromatic carbocycles. The van der Waals surface area contributed by atoms with Crippen molar-refractivity contribution in [2.45, 2.75) is 19.8 Å². The number of hydrogen-bond acceptors (Lipinski definition) is 4. The first-order chi connectivity index (χ1) is 8.78. The molecular formula is C14H24N2O2. The highest BCUT2D eigenvalue weighted by Crippen LogP contribution is 2.29. The van der Waals surface area contributed by atoms with Crippen LogP contribution < -0.4 is 0 Å². The summed E-state index contributed by atoms with van der Waals surface area (Å²) in [6.07, 6.45) is 6.32. The minimum atomic E-state index is -0.232. The van der Waals surface area contributed by atoms with Crippen molar-refractivity contribution in [3.63, 3.8) is 0 Å². The third-order valence-electron chi connectivity index (χ3n) is 3.58. The van der Waals surface area contributed by atoms with E-state index in [4.69, 9.17) is 4.74 Å². The third-order valence-corrected chi connectivity index (χ3v) is 3.58. The van der Waals surface area contributed by atoms with Gasteiger partial charge in [-0.25, -0.2) is 4.79 Å². The van der Waals surface area contributed by atoms with Gasteiger partial charge in [0.15, 0.2) is 0 Å². The molecular weight excluding hydrogens is 228 g/mol. The first-order valence-electron chi connectivity index (χ1n) is 7.06. The van der Waals surface area contributed by atoms with Crippen molar-refractivity contribution in [3.05, 3.63) is 12.2 Å². The number of nitrogens with zero attached hydrogens (tertiary/aromatic N) is 2. The average molecular weight is 252 g/mol. The molecule has 1 aliphatic heterocycles. The van der Waals surface area contributed by atoms with Crippen LogP contribution in [-0.2, 0) is 9.53 Å². The molecule has 0 unspecified atom stereocenters. The van der Waals surface area contributed by atoms with Gasteiger partial charge in [0.05, 0.1) is 6.61 Å². The van der Waals surface area contributed by atoms with Gasteiger partial charge >= 0.3 is 5.97 Å². The van der Waals surface area contributed by atoms with Crippen LogP contribution in [0.5, 0.6) is 0 Å². The fourth-order valence-corrected chi connectivity index (χ4v) is 2.31. The predicted octanol–water partition coefficient (Wildman–Crippen LogP) is 1.13. The molecule has 0 spiro atoms. The van der Waals surface area contributed by atoms with Gasteiger partial charge in [-0.3, -0.25) is 4.90 Å². The van der Waals surface area contributed by atoms with Crippen LogP contribution in [0.15, 0.2) is 12.2 Å². The molecule has 1 heterocycles. The largest absolute Gasteiger partial charge is 0.463 e. The van der Waals surface area contributed by atoms with Gasteiger partial charge in [-0.05, 0) is 25.7 Å². The third kappa shape index (κ3) is 4.78. The molecule has 4 nitrogen and oxygen atoms in total. The first-order valence-corrected chi connectivity index (χ1v) is 7.06. The number of hydrogen-bond donors (Lipinski definition) is 0. The van der Waals surface area contributed by atoms with Gasteiger partial charge in [0, 0.05) is 45.3 Å². The quantitative estimate of drug-likeness (QED) is 0.524. The Hall–Kier alpha value is -0.870. The molecule has 1 saturated heterocycles. The summed E-state index contributed by atoms with van der Waals surface area (Å²) in [7, 11) is 0. The van der Waals surface area contributed by atoms with Crippen LogP contribution in [0.25, 0.3) is 0 Å². The second kappa shape index (κ2) is 6.90. The molecule has 0 amide bonds. The zero-order chi connectivity index (χ0) is 12.8. The van der Waals surface area contributed by atoms with Gasteiger partial charge in [-0.2, -0.15) is 0 Å². The maximum Gasteiger partial charge on any atom is 0.330 e. The van der Waals surface area contributed by atoms with Gasteiger partial charge in [0.2, 0.25) is 0 Å². The normalized spacial score (nSPS) is 22.5. The molecule has 0 aromatic heterocycles. The first kappa shape index (κ1) is 13.6. The smallest absolute Gasteiger partial charge is 0.330 e. The van der Waals surface area contributed by atoms with Gasteiger partial charge < -0.3 is 9.64 Å². The maximum atomic E-state index is 11.1. The van der Waals surface area contributed by atoms with Crippen LogP contribution >= 0.6 is 0 Å². The molecule has 0 aromatic rings. The van der Waals surface area contributed by atoms with Gasteiger partial charge in [-0.1, -0.05) is 6.08 Å². The molecule has 2 rings (SSSR count). The van der Waals surface area contributed by atoms with Crippen molar-refractivity contribution in [1.29, 1.82) is 0 Å². The van der Waals surface area contributed by atoms with Crippen molar-refractivity contribution in [1.82, 2.24) is 9.80 Å².